The number of rotatable bonds is 5. The van der Waals surface area contributed by atoms with Crippen LogP contribution in [0.1, 0.15) is 51.3 Å². The number of thioether (sulfide) groups is 1. The highest BCUT2D eigenvalue weighted by Crippen LogP contribution is 2.39. The van der Waals surface area contributed by atoms with Gasteiger partial charge in [0.25, 0.3) is 0 Å². The van der Waals surface area contributed by atoms with E-state index in [0.29, 0.717) is 18.0 Å². The fourth-order valence-electron chi connectivity index (χ4n) is 3.65. The summed E-state index contributed by atoms with van der Waals surface area (Å²) in [5, 5.41) is 3.90. The molecule has 4 heteroatoms. The minimum Gasteiger partial charge on any atom is -0.374 e. The van der Waals surface area contributed by atoms with E-state index >= 15 is 0 Å². The summed E-state index contributed by atoms with van der Waals surface area (Å²) < 4.78 is 6.15. The highest BCUT2D eigenvalue weighted by molar-refractivity contribution is 7.99. The third-order valence-electron chi connectivity index (χ3n) is 4.75. The molecule has 3 heterocycles. The van der Waals surface area contributed by atoms with Crippen LogP contribution >= 0.6 is 11.8 Å². The number of aromatic nitrogens is 1. The van der Waals surface area contributed by atoms with E-state index in [0.717, 1.165) is 25.9 Å². The van der Waals surface area contributed by atoms with Crippen molar-refractivity contribution >= 4 is 11.8 Å². The zero-order valence-electron chi connectivity index (χ0n) is 13.8. The Balaban J connectivity index is 1.67. The Kier molecular flexibility index (Phi) is 5.42. The van der Waals surface area contributed by atoms with Crippen LogP contribution in [0.5, 0.6) is 0 Å². The van der Waals surface area contributed by atoms with E-state index in [1.165, 1.54) is 23.6 Å². The van der Waals surface area contributed by atoms with Gasteiger partial charge in [-0.15, -0.1) is 0 Å². The van der Waals surface area contributed by atoms with Gasteiger partial charge in [-0.25, -0.2) is 0 Å². The van der Waals surface area contributed by atoms with E-state index in [2.05, 4.69) is 36.3 Å². The van der Waals surface area contributed by atoms with Crippen LogP contribution < -0.4 is 5.32 Å². The van der Waals surface area contributed by atoms with Gasteiger partial charge in [0, 0.05) is 30.6 Å². The van der Waals surface area contributed by atoms with Gasteiger partial charge in [0.05, 0.1) is 11.3 Å². The van der Waals surface area contributed by atoms with Gasteiger partial charge in [-0.05, 0) is 49.5 Å². The molecule has 1 aromatic rings. The molecule has 0 saturated carbocycles. The van der Waals surface area contributed by atoms with Crippen LogP contribution in [0, 0.1) is 5.92 Å². The molecule has 3 nitrogen and oxygen atoms in total. The maximum atomic E-state index is 6.15. The summed E-state index contributed by atoms with van der Waals surface area (Å²) in [6.45, 7) is 5.47. The summed E-state index contributed by atoms with van der Waals surface area (Å²) in [6.07, 6.45) is 6.53. The van der Waals surface area contributed by atoms with E-state index in [1.807, 2.05) is 24.0 Å². The maximum absolute atomic E-state index is 6.15. The second-order valence-electron chi connectivity index (χ2n) is 7.13. The molecule has 1 spiro atoms. The Morgan fingerprint density at radius 1 is 1.45 bits per heavy atom. The van der Waals surface area contributed by atoms with E-state index in [-0.39, 0.29) is 5.60 Å². The van der Waals surface area contributed by atoms with Crippen molar-refractivity contribution in [1.29, 1.82) is 0 Å². The molecule has 122 valence electrons. The summed E-state index contributed by atoms with van der Waals surface area (Å²) in [5.41, 5.74) is 1.32. The Morgan fingerprint density at radius 3 is 3.05 bits per heavy atom. The largest absolute Gasteiger partial charge is 0.374 e. The standard InChI is InChI=1S/C18H28N2OS/c1-14(2)11-17(16-5-3-4-8-19-16)20-15-6-9-21-18(12-15)7-10-22-13-18/h3-5,8,14-15,17,20H,6-7,9-13H2,1-2H3/t15-,17-,18+/m0/s1. The van der Waals surface area contributed by atoms with E-state index in [4.69, 9.17) is 4.74 Å². The monoisotopic (exact) mass is 320 g/mol. The van der Waals surface area contributed by atoms with Gasteiger partial charge in [0.15, 0.2) is 0 Å². The molecule has 2 aliphatic rings. The van der Waals surface area contributed by atoms with Crippen molar-refractivity contribution in [3.05, 3.63) is 30.1 Å². The van der Waals surface area contributed by atoms with E-state index in [1.54, 1.807) is 0 Å². The Labute approximate surface area is 138 Å². The molecule has 1 aromatic heterocycles. The highest BCUT2D eigenvalue weighted by Gasteiger charge is 2.40. The van der Waals surface area contributed by atoms with Crippen molar-refractivity contribution in [3.63, 3.8) is 0 Å². The van der Waals surface area contributed by atoms with Gasteiger partial charge in [-0.2, -0.15) is 11.8 Å². The number of nitrogens with zero attached hydrogens (tertiary/aromatic N) is 1. The Morgan fingerprint density at radius 2 is 2.36 bits per heavy atom. The lowest BCUT2D eigenvalue weighted by Crippen LogP contribution is -2.48. The van der Waals surface area contributed by atoms with Crippen LogP contribution in [0.15, 0.2) is 24.4 Å². The SMILES string of the molecule is CC(C)C[C@H](N[C@H]1CCO[C@]2(CCSC2)C1)c1ccccn1. The quantitative estimate of drug-likeness (QED) is 0.894. The van der Waals surface area contributed by atoms with Gasteiger partial charge < -0.3 is 10.1 Å². The average Bonchev–Trinajstić information content (AvgIpc) is 2.95. The van der Waals surface area contributed by atoms with Crippen molar-refractivity contribution in [1.82, 2.24) is 10.3 Å². The van der Waals surface area contributed by atoms with Crippen molar-refractivity contribution in [2.75, 3.05) is 18.1 Å². The van der Waals surface area contributed by atoms with Crippen LogP contribution in [0.3, 0.4) is 0 Å². The average molecular weight is 321 g/mol. The van der Waals surface area contributed by atoms with E-state index < -0.39 is 0 Å². The topological polar surface area (TPSA) is 34.1 Å². The lowest BCUT2D eigenvalue weighted by Gasteiger charge is -2.39. The summed E-state index contributed by atoms with van der Waals surface area (Å²) >= 11 is 2.04. The minimum absolute atomic E-state index is 0.146. The molecule has 2 saturated heterocycles. The predicted octanol–water partition coefficient (Wildman–Crippen LogP) is 3.81. The molecule has 3 rings (SSSR count). The molecule has 3 atom stereocenters. The first-order valence-corrected chi connectivity index (χ1v) is 9.71. The molecule has 2 aliphatic heterocycles. The molecule has 0 aliphatic carbocycles. The van der Waals surface area contributed by atoms with Crippen molar-refractivity contribution < 1.29 is 4.74 Å². The van der Waals surface area contributed by atoms with Crippen LogP contribution in [0.4, 0.5) is 0 Å². The first-order valence-electron chi connectivity index (χ1n) is 8.56. The third-order valence-corrected chi connectivity index (χ3v) is 5.97. The van der Waals surface area contributed by atoms with Crippen LogP contribution in [0.2, 0.25) is 0 Å². The third kappa shape index (κ3) is 4.03. The second kappa shape index (κ2) is 7.33. The Hall–Kier alpha value is -0.580. The molecular weight excluding hydrogens is 292 g/mol. The van der Waals surface area contributed by atoms with Gasteiger partial charge >= 0.3 is 0 Å². The van der Waals surface area contributed by atoms with Gasteiger partial charge in [0.2, 0.25) is 0 Å². The molecule has 0 unspecified atom stereocenters. The number of hydrogen-bond donors (Lipinski definition) is 1. The zero-order chi connectivity index (χ0) is 15.4. The molecule has 22 heavy (non-hydrogen) atoms. The smallest absolute Gasteiger partial charge is 0.0795 e. The molecule has 2 fully saturated rings. The van der Waals surface area contributed by atoms with Gasteiger partial charge in [-0.3, -0.25) is 4.98 Å². The van der Waals surface area contributed by atoms with Crippen LogP contribution in [0.25, 0.3) is 0 Å². The minimum atomic E-state index is 0.146. The summed E-state index contributed by atoms with van der Waals surface area (Å²) in [5.74, 6) is 3.08. The molecule has 0 radical (unpaired) electrons. The molecule has 1 N–H and O–H groups in total. The fraction of sp³-hybridized carbons (Fsp3) is 0.722. The van der Waals surface area contributed by atoms with Crippen molar-refractivity contribution in [2.24, 2.45) is 5.92 Å². The summed E-state index contributed by atoms with van der Waals surface area (Å²) in [7, 11) is 0. The maximum Gasteiger partial charge on any atom is 0.0795 e. The van der Waals surface area contributed by atoms with Gasteiger partial charge in [0.1, 0.15) is 0 Å². The number of pyridine rings is 1. The van der Waals surface area contributed by atoms with E-state index in [9.17, 15) is 0 Å². The molecule has 0 aromatic carbocycles. The summed E-state index contributed by atoms with van der Waals surface area (Å²) in [6, 6.07) is 7.15. The predicted molar refractivity (Wildman–Crippen MR) is 93.2 cm³/mol. The first-order chi connectivity index (χ1) is 10.7. The number of ether oxygens (including phenoxy) is 1. The molecule has 0 amide bonds. The first kappa shape index (κ1) is 16.3. The molecular formula is C18H28N2OS. The lowest BCUT2D eigenvalue weighted by atomic mass is 9.88. The Bertz CT molecular complexity index is 459. The lowest BCUT2D eigenvalue weighted by molar-refractivity contribution is -0.0717. The van der Waals surface area contributed by atoms with Crippen molar-refractivity contribution in [2.45, 2.75) is 57.2 Å². The fourth-order valence-corrected chi connectivity index (χ4v) is 5.02. The second-order valence-corrected chi connectivity index (χ2v) is 8.23. The normalized spacial score (nSPS) is 30.0. The number of hydrogen-bond acceptors (Lipinski definition) is 4. The summed E-state index contributed by atoms with van der Waals surface area (Å²) in [4.78, 5) is 4.59. The molecule has 0 bridgehead atoms. The zero-order valence-corrected chi connectivity index (χ0v) is 14.6. The van der Waals surface area contributed by atoms with Crippen molar-refractivity contribution in [3.8, 4) is 0 Å². The van der Waals surface area contributed by atoms with Crippen LogP contribution in [-0.2, 0) is 4.74 Å². The highest BCUT2D eigenvalue weighted by atomic mass is 32.2. The van der Waals surface area contributed by atoms with Gasteiger partial charge in [-0.1, -0.05) is 19.9 Å². The number of nitrogens with one attached hydrogen (secondary N) is 1. The van der Waals surface area contributed by atoms with Crippen LogP contribution in [-0.4, -0.2) is 34.7 Å².